The molecule has 0 aliphatic rings. The van der Waals surface area contributed by atoms with Crippen LogP contribution in [0, 0.1) is 18.3 Å². The monoisotopic (exact) mass is 238 g/mol. The van der Waals surface area contributed by atoms with Crippen molar-refractivity contribution >= 4 is 5.69 Å². The highest BCUT2D eigenvalue weighted by Crippen LogP contribution is 2.20. The van der Waals surface area contributed by atoms with Gasteiger partial charge in [-0.25, -0.2) is 0 Å². The van der Waals surface area contributed by atoms with Gasteiger partial charge in [0.25, 0.3) is 0 Å². The van der Waals surface area contributed by atoms with Crippen LogP contribution < -0.4 is 5.32 Å². The van der Waals surface area contributed by atoms with E-state index in [0.717, 1.165) is 16.8 Å². The summed E-state index contributed by atoms with van der Waals surface area (Å²) >= 11 is 0. The van der Waals surface area contributed by atoms with Crippen molar-refractivity contribution in [3.05, 3.63) is 59.2 Å². The maximum Gasteiger partial charge on any atom is 0.118 e. The molecule has 2 aromatic carbocycles. The highest BCUT2D eigenvalue weighted by atomic mass is 16.3. The fourth-order valence-corrected chi connectivity index (χ4v) is 1.75. The SMILES string of the molecule is Cc1cc(NCc2ccccc2C#N)ccc1O. The first kappa shape index (κ1) is 12.0. The zero-order valence-electron chi connectivity index (χ0n) is 10.1. The van der Waals surface area contributed by atoms with Gasteiger partial charge in [-0.05, 0) is 42.3 Å². The lowest BCUT2D eigenvalue weighted by molar-refractivity contribution is 0.471. The van der Waals surface area contributed by atoms with E-state index in [0.29, 0.717) is 12.1 Å². The zero-order chi connectivity index (χ0) is 13.0. The van der Waals surface area contributed by atoms with Crippen molar-refractivity contribution in [2.45, 2.75) is 13.5 Å². The molecule has 0 fully saturated rings. The van der Waals surface area contributed by atoms with Crippen LogP contribution >= 0.6 is 0 Å². The van der Waals surface area contributed by atoms with Crippen LogP contribution in [0.4, 0.5) is 5.69 Å². The van der Waals surface area contributed by atoms with E-state index >= 15 is 0 Å². The molecule has 0 heterocycles. The highest BCUT2D eigenvalue weighted by Gasteiger charge is 2.01. The highest BCUT2D eigenvalue weighted by molar-refractivity contribution is 5.51. The second-order valence-corrected chi connectivity index (χ2v) is 4.12. The third kappa shape index (κ3) is 2.61. The van der Waals surface area contributed by atoms with Gasteiger partial charge in [-0.1, -0.05) is 18.2 Å². The lowest BCUT2D eigenvalue weighted by atomic mass is 10.1. The summed E-state index contributed by atoms with van der Waals surface area (Å²) < 4.78 is 0. The Kier molecular flexibility index (Phi) is 3.49. The summed E-state index contributed by atoms with van der Waals surface area (Å²) in [5.74, 6) is 0.290. The summed E-state index contributed by atoms with van der Waals surface area (Å²) in [5.41, 5.74) is 3.40. The summed E-state index contributed by atoms with van der Waals surface area (Å²) in [6.45, 7) is 2.44. The minimum atomic E-state index is 0.290. The Morgan fingerprint density at radius 1 is 1.22 bits per heavy atom. The molecule has 0 aromatic heterocycles. The molecule has 0 radical (unpaired) electrons. The van der Waals surface area contributed by atoms with Gasteiger partial charge in [-0.3, -0.25) is 0 Å². The van der Waals surface area contributed by atoms with Crippen molar-refractivity contribution in [3.8, 4) is 11.8 Å². The third-order valence-corrected chi connectivity index (χ3v) is 2.82. The quantitative estimate of drug-likeness (QED) is 0.807. The molecule has 0 bridgehead atoms. The van der Waals surface area contributed by atoms with Crippen molar-refractivity contribution in [1.29, 1.82) is 5.26 Å². The topological polar surface area (TPSA) is 56.0 Å². The lowest BCUT2D eigenvalue weighted by Crippen LogP contribution is -2.01. The minimum Gasteiger partial charge on any atom is -0.508 e. The van der Waals surface area contributed by atoms with Gasteiger partial charge in [0.2, 0.25) is 0 Å². The molecule has 2 aromatic rings. The van der Waals surface area contributed by atoms with Crippen LogP contribution in [0.2, 0.25) is 0 Å². The molecule has 0 spiro atoms. The number of rotatable bonds is 3. The Morgan fingerprint density at radius 3 is 2.72 bits per heavy atom. The van der Waals surface area contributed by atoms with Crippen LogP contribution in [0.15, 0.2) is 42.5 Å². The number of hydrogen-bond acceptors (Lipinski definition) is 3. The Bertz CT molecular complexity index is 600. The van der Waals surface area contributed by atoms with Crippen LogP contribution in [0.25, 0.3) is 0 Å². The van der Waals surface area contributed by atoms with E-state index in [1.807, 2.05) is 37.3 Å². The average Bonchev–Trinajstić information content (AvgIpc) is 2.40. The molecule has 3 nitrogen and oxygen atoms in total. The molecule has 0 atom stereocenters. The third-order valence-electron chi connectivity index (χ3n) is 2.82. The van der Waals surface area contributed by atoms with Gasteiger partial charge in [0.15, 0.2) is 0 Å². The average molecular weight is 238 g/mol. The Hall–Kier alpha value is -2.47. The van der Waals surface area contributed by atoms with E-state index in [9.17, 15) is 5.11 Å². The summed E-state index contributed by atoms with van der Waals surface area (Å²) in [7, 11) is 0. The maximum atomic E-state index is 9.44. The number of benzene rings is 2. The Balaban J connectivity index is 2.12. The molecular formula is C15H14N2O. The van der Waals surface area contributed by atoms with Gasteiger partial charge in [0.1, 0.15) is 5.75 Å². The Morgan fingerprint density at radius 2 is 2.00 bits per heavy atom. The molecule has 0 amide bonds. The number of aromatic hydroxyl groups is 1. The maximum absolute atomic E-state index is 9.44. The number of aryl methyl sites for hydroxylation is 1. The number of nitrogens with one attached hydrogen (secondary N) is 1. The predicted octanol–water partition coefficient (Wildman–Crippen LogP) is 3.18. The smallest absolute Gasteiger partial charge is 0.118 e. The summed E-state index contributed by atoms with van der Waals surface area (Å²) in [6.07, 6.45) is 0. The standard InChI is InChI=1S/C15H14N2O/c1-11-8-14(6-7-15(11)18)17-10-13-5-3-2-4-12(13)9-16/h2-8,17-18H,10H2,1H3. The molecule has 0 saturated carbocycles. The van der Waals surface area contributed by atoms with Crippen LogP contribution in [-0.2, 0) is 6.54 Å². The number of nitrogens with zero attached hydrogens (tertiary/aromatic N) is 1. The number of hydrogen-bond donors (Lipinski definition) is 2. The number of anilines is 1. The summed E-state index contributed by atoms with van der Waals surface area (Å²) in [5, 5.41) is 21.7. The van der Waals surface area contributed by atoms with Crippen molar-refractivity contribution < 1.29 is 5.11 Å². The molecule has 0 unspecified atom stereocenters. The van der Waals surface area contributed by atoms with E-state index in [1.165, 1.54) is 0 Å². The predicted molar refractivity (Wildman–Crippen MR) is 71.3 cm³/mol. The zero-order valence-corrected chi connectivity index (χ0v) is 10.1. The summed E-state index contributed by atoms with van der Waals surface area (Å²) in [6, 6.07) is 15.0. The summed E-state index contributed by atoms with van der Waals surface area (Å²) in [4.78, 5) is 0. The fourth-order valence-electron chi connectivity index (χ4n) is 1.75. The first-order chi connectivity index (χ1) is 8.70. The van der Waals surface area contributed by atoms with Gasteiger partial charge in [-0.15, -0.1) is 0 Å². The van der Waals surface area contributed by atoms with Gasteiger partial charge in [0, 0.05) is 12.2 Å². The first-order valence-corrected chi connectivity index (χ1v) is 5.72. The molecule has 0 aliphatic carbocycles. The van der Waals surface area contributed by atoms with Crippen LogP contribution in [-0.4, -0.2) is 5.11 Å². The molecule has 18 heavy (non-hydrogen) atoms. The Labute approximate surface area is 106 Å². The largest absolute Gasteiger partial charge is 0.508 e. The van der Waals surface area contributed by atoms with Gasteiger partial charge in [0.05, 0.1) is 11.6 Å². The second-order valence-electron chi connectivity index (χ2n) is 4.12. The van der Waals surface area contributed by atoms with Crippen LogP contribution in [0.3, 0.4) is 0 Å². The van der Waals surface area contributed by atoms with E-state index in [1.54, 1.807) is 12.1 Å². The first-order valence-electron chi connectivity index (χ1n) is 5.72. The molecular weight excluding hydrogens is 224 g/mol. The molecule has 2 N–H and O–H groups in total. The normalized spacial score (nSPS) is 9.78. The minimum absolute atomic E-state index is 0.290. The fraction of sp³-hybridized carbons (Fsp3) is 0.133. The van der Waals surface area contributed by atoms with E-state index in [-0.39, 0.29) is 5.75 Å². The molecule has 0 aliphatic heterocycles. The van der Waals surface area contributed by atoms with Crippen molar-refractivity contribution in [2.24, 2.45) is 0 Å². The van der Waals surface area contributed by atoms with Gasteiger partial charge in [-0.2, -0.15) is 5.26 Å². The molecule has 0 saturated heterocycles. The lowest BCUT2D eigenvalue weighted by Gasteiger charge is -2.09. The second kappa shape index (κ2) is 5.24. The van der Waals surface area contributed by atoms with Gasteiger partial charge < -0.3 is 10.4 Å². The van der Waals surface area contributed by atoms with Crippen LogP contribution in [0.5, 0.6) is 5.75 Å². The van der Waals surface area contributed by atoms with E-state index in [4.69, 9.17) is 5.26 Å². The molecule has 3 heteroatoms. The number of nitriles is 1. The van der Waals surface area contributed by atoms with E-state index in [2.05, 4.69) is 11.4 Å². The number of phenolic OH excluding ortho intramolecular Hbond substituents is 1. The van der Waals surface area contributed by atoms with Crippen molar-refractivity contribution in [3.63, 3.8) is 0 Å². The molecule has 90 valence electrons. The van der Waals surface area contributed by atoms with Crippen molar-refractivity contribution in [1.82, 2.24) is 0 Å². The van der Waals surface area contributed by atoms with Crippen LogP contribution in [0.1, 0.15) is 16.7 Å². The van der Waals surface area contributed by atoms with E-state index < -0.39 is 0 Å². The van der Waals surface area contributed by atoms with Gasteiger partial charge >= 0.3 is 0 Å². The molecule has 2 rings (SSSR count). The number of phenols is 1. The van der Waals surface area contributed by atoms with Crippen molar-refractivity contribution in [2.75, 3.05) is 5.32 Å².